The van der Waals surface area contributed by atoms with Crippen LogP contribution >= 0.6 is 0 Å². The molecule has 0 spiro atoms. The van der Waals surface area contributed by atoms with Crippen molar-refractivity contribution in [2.24, 2.45) is 0 Å². The molecule has 0 saturated carbocycles. The predicted molar refractivity (Wildman–Crippen MR) is 80.3 cm³/mol. The molecule has 0 aromatic carbocycles. The van der Waals surface area contributed by atoms with Gasteiger partial charge in [-0.1, -0.05) is 24.6 Å². The van der Waals surface area contributed by atoms with Crippen LogP contribution in [0.5, 0.6) is 0 Å². The minimum atomic E-state index is -3.47. The van der Waals surface area contributed by atoms with Gasteiger partial charge in [0.15, 0.2) is 5.82 Å². The third-order valence-corrected chi connectivity index (χ3v) is 4.57. The summed E-state index contributed by atoms with van der Waals surface area (Å²) in [7, 11) is -3.47. The van der Waals surface area contributed by atoms with E-state index < -0.39 is 15.9 Å². The van der Waals surface area contributed by atoms with E-state index in [0.29, 0.717) is 12.2 Å². The third-order valence-electron chi connectivity index (χ3n) is 2.70. The maximum Gasteiger partial charge on any atom is 0.240 e. The summed E-state index contributed by atoms with van der Waals surface area (Å²) in [6.45, 7) is 6.95. The molecule has 0 atom stereocenters. The number of hydrogen-bond donors (Lipinski definition) is 1. The lowest BCUT2D eigenvalue weighted by Crippen LogP contribution is -2.39. The molecule has 118 valence electrons. The number of nitrogens with one attached hydrogen (secondary N) is 1. The zero-order valence-electron chi connectivity index (χ0n) is 12.3. The first kappa shape index (κ1) is 17.4. The van der Waals surface area contributed by atoms with Gasteiger partial charge >= 0.3 is 0 Å². The van der Waals surface area contributed by atoms with Crippen LogP contribution < -0.4 is 5.32 Å². The number of unbranched alkanes of at least 4 members (excludes halogenated alkanes) is 1. The van der Waals surface area contributed by atoms with Crippen molar-refractivity contribution < 1.29 is 17.7 Å². The molecule has 0 saturated heterocycles. The van der Waals surface area contributed by atoms with Gasteiger partial charge in [0.05, 0.1) is 12.3 Å². The largest absolute Gasteiger partial charge is 0.360 e. The van der Waals surface area contributed by atoms with E-state index in [4.69, 9.17) is 4.52 Å². The molecule has 1 heterocycles. The van der Waals surface area contributed by atoms with Gasteiger partial charge in [-0.25, -0.2) is 8.42 Å². The Morgan fingerprint density at radius 2 is 2.29 bits per heavy atom. The van der Waals surface area contributed by atoms with Crippen LogP contribution in [-0.4, -0.2) is 42.6 Å². The average Bonchev–Trinajstić information content (AvgIpc) is 2.81. The zero-order valence-corrected chi connectivity index (χ0v) is 13.1. The van der Waals surface area contributed by atoms with Gasteiger partial charge in [0.2, 0.25) is 15.9 Å². The molecule has 21 heavy (non-hydrogen) atoms. The van der Waals surface area contributed by atoms with E-state index in [1.807, 2.05) is 6.92 Å². The number of carbonyl (C=O) groups is 1. The molecular formula is C13H21N3O4S. The van der Waals surface area contributed by atoms with Crippen LogP contribution in [0.1, 0.15) is 25.5 Å². The minimum Gasteiger partial charge on any atom is -0.360 e. The van der Waals surface area contributed by atoms with Crippen molar-refractivity contribution in [1.82, 2.24) is 9.46 Å². The van der Waals surface area contributed by atoms with Gasteiger partial charge in [-0.15, -0.1) is 6.58 Å². The van der Waals surface area contributed by atoms with Crippen molar-refractivity contribution >= 4 is 21.7 Å². The van der Waals surface area contributed by atoms with Crippen LogP contribution in [0.3, 0.4) is 0 Å². The van der Waals surface area contributed by atoms with Crippen LogP contribution in [0, 0.1) is 6.92 Å². The molecule has 0 unspecified atom stereocenters. The number of aromatic nitrogens is 1. The Hall–Kier alpha value is -1.67. The number of hydrogen-bond acceptors (Lipinski definition) is 5. The van der Waals surface area contributed by atoms with Crippen LogP contribution in [0.2, 0.25) is 0 Å². The van der Waals surface area contributed by atoms with Crippen molar-refractivity contribution in [3.8, 4) is 0 Å². The van der Waals surface area contributed by atoms with Gasteiger partial charge in [0, 0.05) is 12.6 Å². The molecule has 1 aromatic rings. The number of nitrogens with zero attached hydrogens (tertiary/aromatic N) is 2. The molecule has 0 aliphatic heterocycles. The molecule has 1 rings (SSSR count). The molecule has 7 nitrogen and oxygen atoms in total. The van der Waals surface area contributed by atoms with Gasteiger partial charge in [0.1, 0.15) is 5.76 Å². The Morgan fingerprint density at radius 1 is 1.57 bits per heavy atom. The summed E-state index contributed by atoms with van der Waals surface area (Å²) in [5.41, 5.74) is 0. The standard InChI is InChI=1S/C13H21N3O4S/c1-4-6-8-21(18,19)16(7-5-2)10-13(17)14-12-9-11(3)20-15-12/h5,9H,2,4,6-8,10H2,1,3H3,(H,14,15,17). The highest BCUT2D eigenvalue weighted by Crippen LogP contribution is 2.09. The first-order valence-electron chi connectivity index (χ1n) is 6.71. The normalized spacial score (nSPS) is 11.6. The summed E-state index contributed by atoms with van der Waals surface area (Å²) in [6.07, 6.45) is 2.78. The van der Waals surface area contributed by atoms with Crippen molar-refractivity contribution in [3.05, 3.63) is 24.5 Å². The van der Waals surface area contributed by atoms with E-state index in [0.717, 1.165) is 10.7 Å². The Kier molecular flexibility index (Phi) is 6.57. The lowest BCUT2D eigenvalue weighted by Gasteiger charge is -2.19. The molecule has 0 aliphatic carbocycles. The molecule has 0 radical (unpaired) electrons. The second-order valence-corrected chi connectivity index (χ2v) is 6.71. The van der Waals surface area contributed by atoms with Gasteiger partial charge < -0.3 is 9.84 Å². The number of rotatable bonds is 9. The summed E-state index contributed by atoms with van der Waals surface area (Å²) in [5, 5.41) is 6.12. The first-order valence-corrected chi connectivity index (χ1v) is 8.32. The fraction of sp³-hybridized carbons (Fsp3) is 0.538. The zero-order chi connectivity index (χ0) is 15.9. The summed E-state index contributed by atoms with van der Waals surface area (Å²) in [4.78, 5) is 11.9. The quantitative estimate of drug-likeness (QED) is 0.698. The molecule has 1 aromatic heterocycles. The monoisotopic (exact) mass is 315 g/mol. The third kappa shape index (κ3) is 5.68. The van der Waals surface area contributed by atoms with E-state index in [2.05, 4.69) is 17.1 Å². The second-order valence-electron chi connectivity index (χ2n) is 4.62. The fourth-order valence-corrected chi connectivity index (χ4v) is 3.20. The van der Waals surface area contributed by atoms with E-state index in [1.54, 1.807) is 13.0 Å². The number of amides is 1. The molecular weight excluding hydrogens is 294 g/mol. The van der Waals surface area contributed by atoms with Crippen molar-refractivity contribution in [2.75, 3.05) is 24.2 Å². The maximum atomic E-state index is 12.1. The lowest BCUT2D eigenvalue weighted by atomic mass is 10.4. The van der Waals surface area contributed by atoms with Gasteiger partial charge in [0.25, 0.3) is 0 Å². The molecule has 0 bridgehead atoms. The van der Waals surface area contributed by atoms with E-state index in [-0.39, 0.29) is 24.7 Å². The highest BCUT2D eigenvalue weighted by atomic mass is 32.2. The predicted octanol–water partition coefficient (Wildman–Crippen LogP) is 1.54. The van der Waals surface area contributed by atoms with E-state index in [9.17, 15) is 13.2 Å². The topological polar surface area (TPSA) is 92.5 Å². The Morgan fingerprint density at radius 3 is 2.81 bits per heavy atom. The van der Waals surface area contributed by atoms with Crippen LogP contribution in [0.4, 0.5) is 5.82 Å². The van der Waals surface area contributed by atoms with Crippen molar-refractivity contribution in [2.45, 2.75) is 26.7 Å². The van der Waals surface area contributed by atoms with Gasteiger partial charge in [-0.3, -0.25) is 4.79 Å². The van der Waals surface area contributed by atoms with Gasteiger partial charge in [-0.2, -0.15) is 4.31 Å². The number of sulfonamides is 1. The van der Waals surface area contributed by atoms with E-state index >= 15 is 0 Å². The van der Waals surface area contributed by atoms with Crippen molar-refractivity contribution in [3.63, 3.8) is 0 Å². The maximum absolute atomic E-state index is 12.1. The summed E-state index contributed by atoms with van der Waals surface area (Å²) < 4.78 is 30.2. The van der Waals surface area contributed by atoms with Crippen molar-refractivity contribution in [1.29, 1.82) is 0 Å². The Labute approximate surface area is 125 Å². The molecule has 8 heteroatoms. The summed E-state index contributed by atoms with van der Waals surface area (Å²) in [5.74, 6) is 0.379. The van der Waals surface area contributed by atoms with Gasteiger partial charge in [-0.05, 0) is 13.3 Å². The van der Waals surface area contributed by atoms with Crippen LogP contribution in [-0.2, 0) is 14.8 Å². The smallest absolute Gasteiger partial charge is 0.240 e. The van der Waals surface area contributed by atoms with Crippen LogP contribution in [0.15, 0.2) is 23.2 Å². The molecule has 0 fully saturated rings. The number of aryl methyl sites for hydroxylation is 1. The molecule has 0 aliphatic rings. The fourth-order valence-electron chi connectivity index (χ4n) is 1.64. The summed E-state index contributed by atoms with van der Waals surface area (Å²) in [6, 6.07) is 1.56. The SMILES string of the molecule is C=CCN(CC(=O)Nc1cc(C)on1)S(=O)(=O)CCCC. The van der Waals surface area contributed by atoms with E-state index in [1.165, 1.54) is 6.08 Å². The molecule has 1 amide bonds. The highest BCUT2D eigenvalue weighted by Gasteiger charge is 2.23. The summed E-state index contributed by atoms with van der Waals surface area (Å²) >= 11 is 0. The minimum absolute atomic E-state index is 0.0215. The Balaban J connectivity index is 2.69. The Bertz CT molecular complexity index is 580. The first-order chi connectivity index (χ1) is 9.89. The second kappa shape index (κ2) is 7.94. The number of carbonyl (C=O) groups excluding carboxylic acids is 1. The number of anilines is 1. The average molecular weight is 315 g/mol. The molecule has 1 N–H and O–H groups in total. The van der Waals surface area contributed by atoms with Crippen LogP contribution in [0.25, 0.3) is 0 Å². The lowest BCUT2D eigenvalue weighted by molar-refractivity contribution is -0.116. The highest BCUT2D eigenvalue weighted by molar-refractivity contribution is 7.89.